The van der Waals surface area contributed by atoms with E-state index in [0.717, 1.165) is 5.56 Å². The van der Waals surface area contributed by atoms with Crippen molar-refractivity contribution in [1.29, 1.82) is 0 Å². The summed E-state index contributed by atoms with van der Waals surface area (Å²) in [7, 11) is 0. The number of benzene rings is 1. The van der Waals surface area contributed by atoms with Gasteiger partial charge in [-0.05, 0) is 12.5 Å². The summed E-state index contributed by atoms with van der Waals surface area (Å²) < 4.78 is 20.5. The van der Waals surface area contributed by atoms with Crippen molar-refractivity contribution < 1.29 is 23.5 Å². The molecule has 25 heavy (non-hydrogen) atoms. The van der Waals surface area contributed by atoms with Gasteiger partial charge in [-0.2, -0.15) is 0 Å². The molecule has 0 aliphatic heterocycles. The Kier molecular flexibility index (Phi) is 22.3. The Bertz CT molecular complexity index is 400. The van der Waals surface area contributed by atoms with Crippen molar-refractivity contribution in [3.63, 3.8) is 0 Å². The van der Waals surface area contributed by atoms with Gasteiger partial charge in [0, 0.05) is 6.54 Å². The quantitative estimate of drug-likeness (QED) is 0.513. The fourth-order valence-corrected chi connectivity index (χ4v) is 1.53. The number of carbonyl (C=O) groups is 2. The van der Waals surface area contributed by atoms with Crippen molar-refractivity contribution in [3.8, 4) is 0 Å². The molecule has 6 heteroatoms. The van der Waals surface area contributed by atoms with Gasteiger partial charge in [-0.15, -0.1) is 0 Å². The second-order valence-corrected chi connectivity index (χ2v) is 4.94. The van der Waals surface area contributed by atoms with Gasteiger partial charge in [0.25, 0.3) is 6.47 Å². The van der Waals surface area contributed by atoms with E-state index in [-0.39, 0.29) is 19.1 Å². The van der Waals surface area contributed by atoms with Crippen LogP contribution in [0.1, 0.15) is 45.6 Å². The number of carbonyl (C=O) groups excluding carboxylic acids is 2. The van der Waals surface area contributed by atoms with Crippen molar-refractivity contribution in [2.75, 3.05) is 26.4 Å². The Hall–Kier alpha value is -1.95. The predicted octanol–water partition coefficient (Wildman–Crippen LogP) is 3.66. The third kappa shape index (κ3) is 22.1. The number of alkyl halides is 1. The molecule has 0 saturated heterocycles. The fourth-order valence-electron chi connectivity index (χ4n) is 1.53. The number of ether oxygens (including phenoxy) is 2. The molecule has 5 nitrogen and oxygen atoms in total. The van der Waals surface area contributed by atoms with Gasteiger partial charge in [0.15, 0.2) is 0 Å². The van der Waals surface area contributed by atoms with Crippen LogP contribution in [0.2, 0.25) is 0 Å². The molecular formula is C19H32FNO4. The second kappa shape index (κ2) is 22.1. The number of halogens is 1. The fraction of sp³-hybridized carbons (Fsp3) is 0.579. The zero-order valence-corrected chi connectivity index (χ0v) is 15.6. The minimum Gasteiger partial charge on any atom is -0.463 e. The molecule has 0 atom stereocenters. The molecule has 1 N–H and O–H groups in total. The lowest BCUT2D eigenvalue weighted by Crippen LogP contribution is -2.27. The Morgan fingerprint density at radius 1 is 1.16 bits per heavy atom. The first kappa shape index (κ1) is 25.3. The van der Waals surface area contributed by atoms with E-state index in [4.69, 9.17) is 0 Å². The van der Waals surface area contributed by atoms with Gasteiger partial charge in [0.05, 0.1) is 6.61 Å². The van der Waals surface area contributed by atoms with Gasteiger partial charge in [0.2, 0.25) is 5.91 Å². The second-order valence-electron chi connectivity index (χ2n) is 4.94. The summed E-state index contributed by atoms with van der Waals surface area (Å²) in [5.74, 6) is -0.198. The van der Waals surface area contributed by atoms with Crippen molar-refractivity contribution in [3.05, 3.63) is 35.9 Å². The first-order chi connectivity index (χ1) is 12.2. The molecule has 0 unspecified atom stereocenters. The van der Waals surface area contributed by atoms with Crippen LogP contribution in [0.3, 0.4) is 0 Å². The lowest BCUT2D eigenvalue weighted by molar-refractivity contribution is -0.129. The smallest absolute Gasteiger partial charge is 0.293 e. The highest BCUT2D eigenvalue weighted by atomic mass is 19.1. The molecule has 0 radical (unpaired) electrons. The van der Waals surface area contributed by atoms with E-state index in [1.54, 1.807) is 0 Å². The third-order valence-corrected chi connectivity index (χ3v) is 2.70. The zero-order valence-electron chi connectivity index (χ0n) is 15.6. The standard InChI is InChI=1S/C8H8O2.C6H12FNO2.C5H12/c9-7-10-6-8-4-2-1-3-5-8;1-2-8-6(9)5-10-4-3-7;1-3-5-4-2/h1-5,7H,6H2;2-5H2,1H3,(H,8,9);3-5H2,1-2H3. The lowest BCUT2D eigenvalue weighted by atomic mass is 10.2. The molecule has 0 aliphatic rings. The summed E-state index contributed by atoms with van der Waals surface area (Å²) in [5, 5.41) is 2.52. The summed E-state index contributed by atoms with van der Waals surface area (Å²) in [6.45, 7) is 7.05. The number of hydrogen-bond donors (Lipinski definition) is 1. The maximum atomic E-state index is 11.4. The number of rotatable bonds is 10. The molecule has 1 amide bonds. The third-order valence-electron chi connectivity index (χ3n) is 2.70. The highest BCUT2D eigenvalue weighted by Crippen LogP contribution is 1.98. The van der Waals surface area contributed by atoms with Gasteiger partial charge in [-0.3, -0.25) is 9.59 Å². The van der Waals surface area contributed by atoms with Gasteiger partial charge >= 0.3 is 0 Å². The largest absolute Gasteiger partial charge is 0.463 e. The van der Waals surface area contributed by atoms with Crippen molar-refractivity contribution >= 4 is 12.4 Å². The van der Waals surface area contributed by atoms with Crippen LogP contribution in [-0.4, -0.2) is 38.8 Å². The van der Waals surface area contributed by atoms with Gasteiger partial charge in [-0.1, -0.05) is 63.4 Å². The van der Waals surface area contributed by atoms with E-state index in [1.165, 1.54) is 19.3 Å². The van der Waals surface area contributed by atoms with E-state index >= 15 is 0 Å². The molecule has 144 valence electrons. The van der Waals surface area contributed by atoms with Crippen molar-refractivity contribution in [2.45, 2.75) is 46.6 Å². The van der Waals surface area contributed by atoms with Crippen LogP contribution in [0.5, 0.6) is 0 Å². The average molecular weight is 357 g/mol. The molecule has 0 saturated carbocycles. The topological polar surface area (TPSA) is 64.6 Å². The number of hydrogen-bond acceptors (Lipinski definition) is 4. The van der Waals surface area contributed by atoms with Gasteiger partial charge in [0.1, 0.15) is 19.9 Å². The Balaban J connectivity index is 0. The van der Waals surface area contributed by atoms with Crippen molar-refractivity contribution in [1.82, 2.24) is 5.32 Å². The first-order valence-electron chi connectivity index (χ1n) is 8.65. The van der Waals surface area contributed by atoms with Gasteiger partial charge < -0.3 is 14.8 Å². The van der Waals surface area contributed by atoms with Crippen LogP contribution in [-0.2, 0) is 25.7 Å². The minimum atomic E-state index is -0.542. The molecule has 0 spiro atoms. The molecule has 1 aromatic carbocycles. The summed E-state index contributed by atoms with van der Waals surface area (Å²) in [5.41, 5.74) is 1.01. The maximum Gasteiger partial charge on any atom is 0.293 e. The lowest BCUT2D eigenvalue weighted by Gasteiger charge is -2.00. The Labute approximate surface area is 150 Å². The summed E-state index contributed by atoms with van der Waals surface area (Å²) in [6.07, 6.45) is 4.08. The van der Waals surface area contributed by atoms with Gasteiger partial charge in [-0.25, -0.2) is 4.39 Å². The van der Waals surface area contributed by atoms with E-state index < -0.39 is 6.67 Å². The van der Waals surface area contributed by atoms with Crippen LogP contribution < -0.4 is 5.32 Å². The number of nitrogens with one attached hydrogen (secondary N) is 1. The predicted molar refractivity (Wildman–Crippen MR) is 98.0 cm³/mol. The van der Waals surface area contributed by atoms with Crippen LogP contribution in [0.15, 0.2) is 30.3 Å². The van der Waals surface area contributed by atoms with Crippen LogP contribution in [0.4, 0.5) is 4.39 Å². The molecule has 0 aliphatic carbocycles. The zero-order chi connectivity index (χ0) is 19.2. The van der Waals surface area contributed by atoms with E-state index in [1.807, 2.05) is 37.3 Å². The molecule has 0 heterocycles. The Morgan fingerprint density at radius 3 is 2.24 bits per heavy atom. The minimum absolute atomic E-state index is 0.00284. The van der Waals surface area contributed by atoms with Crippen LogP contribution >= 0.6 is 0 Å². The maximum absolute atomic E-state index is 11.4. The molecule has 1 rings (SSSR count). The summed E-state index contributed by atoms with van der Waals surface area (Å²) in [6, 6.07) is 9.55. The average Bonchev–Trinajstić information content (AvgIpc) is 2.63. The molecule has 0 bridgehead atoms. The number of likely N-dealkylation sites (N-methyl/N-ethyl adjacent to an activating group) is 1. The normalized spacial score (nSPS) is 8.96. The van der Waals surface area contributed by atoms with Crippen LogP contribution in [0, 0.1) is 0 Å². The first-order valence-corrected chi connectivity index (χ1v) is 8.65. The molecule has 1 aromatic rings. The summed E-state index contributed by atoms with van der Waals surface area (Å²) in [4.78, 5) is 20.3. The van der Waals surface area contributed by atoms with E-state index in [0.29, 0.717) is 19.6 Å². The number of amides is 1. The SMILES string of the molecule is CCCCC.CCNC(=O)COCCF.O=COCc1ccccc1. The van der Waals surface area contributed by atoms with Crippen LogP contribution in [0.25, 0.3) is 0 Å². The monoisotopic (exact) mass is 357 g/mol. The van der Waals surface area contributed by atoms with E-state index in [9.17, 15) is 14.0 Å². The summed E-state index contributed by atoms with van der Waals surface area (Å²) >= 11 is 0. The van der Waals surface area contributed by atoms with Crippen molar-refractivity contribution in [2.24, 2.45) is 0 Å². The number of unbranched alkanes of at least 4 members (excludes halogenated alkanes) is 2. The molecule has 0 fully saturated rings. The van der Waals surface area contributed by atoms with E-state index in [2.05, 4.69) is 28.6 Å². The Morgan fingerprint density at radius 2 is 1.80 bits per heavy atom. The highest BCUT2D eigenvalue weighted by Gasteiger charge is 1.96. The molecular weight excluding hydrogens is 325 g/mol. The molecule has 0 aromatic heterocycles. The highest BCUT2D eigenvalue weighted by molar-refractivity contribution is 5.77.